The zero-order valence-corrected chi connectivity index (χ0v) is 18.9. The van der Waals surface area contributed by atoms with E-state index in [1.165, 1.54) is 23.3 Å². The van der Waals surface area contributed by atoms with Crippen LogP contribution in [0.5, 0.6) is 0 Å². The van der Waals surface area contributed by atoms with Crippen molar-refractivity contribution in [3.8, 4) is 11.1 Å². The molecule has 3 aromatic rings. The largest absolute Gasteiger partial charge is 0.333 e. The van der Waals surface area contributed by atoms with E-state index >= 15 is 0 Å². The van der Waals surface area contributed by atoms with Crippen molar-refractivity contribution >= 4 is 35.3 Å². The van der Waals surface area contributed by atoms with Gasteiger partial charge in [-0.1, -0.05) is 60.1 Å². The van der Waals surface area contributed by atoms with Crippen LogP contribution in [0.1, 0.15) is 24.0 Å². The average molecular weight is 458 g/mol. The minimum Gasteiger partial charge on any atom is -0.302 e. The molecule has 1 N–H and O–H groups in total. The van der Waals surface area contributed by atoms with E-state index in [4.69, 9.17) is 11.6 Å². The molecule has 2 saturated heterocycles. The number of urea groups is 1. The Labute approximate surface area is 198 Å². The predicted octanol–water partition coefficient (Wildman–Crippen LogP) is 5.70. The first-order chi connectivity index (χ1) is 16.1. The molecule has 6 heteroatoms. The van der Waals surface area contributed by atoms with Crippen molar-refractivity contribution in [2.45, 2.75) is 19.4 Å². The minimum absolute atomic E-state index is 0.272. The molecule has 166 valence electrons. The Bertz CT molecular complexity index is 1200. The molecule has 0 radical (unpaired) electrons. The van der Waals surface area contributed by atoms with Gasteiger partial charge in [0.15, 0.2) is 0 Å². The molecule has 0 aromatic heterocycles. The van der Waals surface area contributed by atoms with Crippen LogP contribution in [0.3, 0.4) is 0 Å². The van der Waals surface area contributed by atoms with Gasteiger partial charge in [0.25, 0.3) is 5.91 Å². The van der Waals surface area contributed by atoms with E-state index < -0.39 is 6.03 Å². The number of imide groups is 1. The van der Waals surface area contributed by atoms with Gasteiger partial charge in [-0.2, -0.15) is 0 Å². The summed E-state index contributed by atoms with van der Waals surface area (Å²) < 4.78 is 0. The Hall–Kier alpha value is -3.41. The highest BCUT2D eigenvalue weighted by atomic mass is 35.5. The third-order valence-electron chi connectivity index (χ3n) is 6.08. The van der Waals surface area contributed by atoms with Crippen molar-refractivity contribution in [2.75, 3.05) is 18.0 Å². The molecule has 5 nitrogen and oxygen atoms in total. The lowest BCUT2D eigenvalue weighted by Crippen LogP contribution is -2.30. The fourth-order valence-corrected chi connectivity index (χ4v) is 4.43. The van der Waals surface area contributed by atoms with E-state index in [-0.39, 0.29) is 11.6 Å². The van der Waals surface area contributed by atoms with Crippen LogP contribution in [0, 0.1) is 0 Å². The zero-order valence-electron chi connectivity index (χ0n) is 18.1. The smallest absolute Gasteiger partial charge is 0.302 e. The summed E-state index contributed by atoms with van der Waals surface area (Å²) in [5, 5.41) is 3.38. The molecule has 2 heterocycles. The van der Waals surface area contributed by atoms with E-state index in [0.29, 0.717) is 10.7 Å². The van der Waals surface area contributed by atoms with Crippen LogP contribution in [0.15, 0.2) is 78.5 Å². The summed E-state index contributed by atoms with van der Waals surface area (Å²) in [5.41, 5.74) is 4.92. The molecule has 0 saturated carbocycles. The SMILES string of the molecule is O=C1NC(=Cc2ccc(CN3CCCC3)cc2)C(=O)N1c1ccc(-c2ccc(Cl)cc2)cc1. The van der Waals surface area contributed by atoms with Gasteiger partial charge in [-0.25, -0.2) is 9.69 Å². The Kier molecular flexibility index (Phi) is 5.99. The molecule has 3 aromatic carbocycles. The minimum atomic E-state index is -0.448. The summed E-state index contributed by atoms with van der Waals surface area (Å²) >= 11 is 5.96. The number of benzene rings is 3. The topological polar surface area (TPSA) is 52.7 Å². The number of nitrogens with one attached hydrogen (secondary N) is 1. The van der Waals surface area contributed by atoms with Crippen molar-refractivity contribution in [3.05, 3.63) is 94.6 Å². The number of likely N-dealkylation sites (tertiary alicyclic amines) is 1. The maximum atomic E-state index is 13.0. The normalized spacial score (nSPS) is 17.7. The summed E-state index contributed by atoms with van der Waals surface area (Å²) in [6, 6.07) is 22.5. The van der Waals surface area contributed by atoms with Crippen LogP contribution in [0.2, 0.25) is 5.02 Å². The van der Waals surface area contributed by atoms with Crippen molar-refractivity contribution < 1.29 is 9.59 Å². The van der Waals surface area contributed by atoms with Crippen molar-refractivity contribution in [2.24, 2.45) is 0 Å². The first-order valence-corrected chi connectivity index (χ1v) is 11.5. The van der Waals surface area contributed by atoms with E-state index in [1.54, 1.807) is 18.2 Å². The van der Waals surface area contributed by atoms with Gasteiger partial charge in [0.1, 0.15) is 5.70 Å². The van der Waals surface area contributed by atoms with Crippen LogP contribution in [-0.2, 0) is 11.3 Å². The highest BCUT2D eigenvalue weighted by Crippen LogP contribution is 2.27. The van der Waals surface area contributed by atoms with Crippen LogP contribution in [0.25, 0.3) is 17.2 Å². The summed E-state index contributed by atoms with van der Waals surface area (Å²) in [6.45, 7) is 3.26. The second kappa shape index (κ2) is 9.22. The van der Waals surface area contributed by atoms with Gasteiger partial charge in [-0.05, 0) is 78.5 Å². The van der Waals surface area contributed by atoms with Gasteiger partial charge in [-0.3, -0.25) is 9.69 Å². The van der Waals surface area contributed by atoms with Gasteiger partial charge in [0, 0.05) is 11.6 Å². The quantitative estimate of drug-likeness (QED) is 0.395. The molecule has 3 amide bonds. The summed E-state index contributed by atoms with van der Waals surface area (Å²) in [7, 11) is 0. The molecule has 0 bridgehead atoms. The number of carbonyl (C=O) groups excluding carboxylic acids is 2. The Morgan fingerprint density at radius 2 is 1.42 bits per heavy atom. The lowest BCUT2D eigenvalue weighted by Gasteiger charge is -2.14. The Morgan fingerprint density at radius 1 is 0.818 bits per heavy atom. The molecule has 0 atom stereocenters. The predicted molar refractivity (Wildman–Crippen MR) is 132 cm³/mol. The van der Waals surface area contributed by atoms with E-state index in [0.717, 1.165) is 36.3 Å². The highest BCUT2D eigenvalue weighted by molar-refractivity contribution is 6.30. The number of carbonyl (C=O) groups is 2. The van der Waals surface area contributed by atoms with Gasteiger partial charge in [-0.15, -0.1) is 0 Å². The molecule has 0 aliphatic carbocycles. The molecule has 2 aliphatic rings. The molecular weight excluding hydrogens is 434 g/mol. The van der Waals surface area contributed by atoms with Gasteiger partial charge < -0.3 is 5.32 Å². The lowest BCUT2D eigenvalue weighted by atomic mass is 10.1. The molecule has 5 rings (SSSR count). The molecule has 2 fully saturated rings. The summed E-state index contributed by atoms with van der Waals surface area (Å²) in [5.74, 6) is -0.361. The number of anilines is 1. The van der Waals surface area contributed by atoms with Gasteiger partial charge >= 0.3 is 6.03 Å². The summed E-state index contributed by atoms with van der Waals surface area (Å²) in [4.78, 5) is 29.1. The second-order valence-electron chi connectivity index (χ2n) is 8.41. The van der Waals surface area contributed by atoms with E-state index in [9.17, 15) is 9.59 Å². The fraction of sp³-hybridized carbons (Fsp3) is 0.185. The molecule has 2 aliphatic heterocycles. The Morgan fingerprint density at radius 3 is 2.06 bits per heavy atom. The number of hydrogen-bond donors (Lipinski definition) is 1. The van der Waals surface area contributed by atoms with E-state index in [2.05, 4.69) is 22.3 Å². The van der Waals surface area contributed by atoms with Crippen molar-refractivity contribution in [3.63, 3.8) is 0 Å². The maximum Gasteiger partial charge on any atom is 0.333 e. The number of rotatable bonds is 5. The van der Waals surface area contributed by atoms with Crippen molar-refractivity contribution in [1.29, 1.82) is 0 Å². The zero-order chi connectivity index (χ0) is 22.8. The third-order valence-corrected chi connectivity index (χ3v) is 6.33. The number of amides is 3. The summed E-state index contributed by atoms with van der Waals surface area (Å²) in [6.07, 6.45) is 4.26. The van der Waals surface area contributed by atoms with Crippen LogP contribution in [0.4, 0.5) is 10.5 Å². The average Bonchev–Trinajstić information content (AvgIpc) is 3.43. The Balaban J connectivity index is 1.30. The standard InChI is InChI=1S/C27H24ClN3O2/c28-23-11-7-21(8-12-23)22-9-13-24(14-10-22)31-26(32)25(29-27(31)33)17-19-3-5-20(6-4-19)18-30-15-1-2-16-30/h3-14,17H,1-2,15-16,18H2,(H,29,33). The van der Waals surface area contributed by atoms with Crippen LogP contribution >= 0.6 is 11.6 Å². The van der Waals surface area contributed by atoms with Gasteiger partial charge in [0.05, 0.1) is 5.69 Å². The molecule has 33 heavy (non-hydrogen) atoms. The van der Waals surface area contributed by atoms with Crippen LogP contribution in [-0.4, -0.2) is 29.9 Å². The highest BCUT2D eigenvalue weighted by Gasteiger charge is 2.34. The first-order valence-electron chi connectivity index (χ1n) is 11.1. The van der Waals surface area contributed by atoms with Gasteiger partial charge in [0.2, 0.25) is 0 Å². The molecule has 0 unspecified atom stereocenters. The van der Waals surface area contributed by atoms with E-state index in [1.807, 2.05) is 48.5 Å². The van der Waals surface area contributed by atoms with Crippen molar-refractivity contribution in [1.82, 2.24) is 10.2 Å². The second-order valence-corrected chi connectivity index (χ2v) is 8.84. The number of halogens is 1. The molecular formula is C27H24ClN3O2. The number of hydrogen-bond acceptors (Lipinski definition) is 3. The third kappa shape index (κ3) is 4.70. The lowest BCUT2D eigenvalue weighted by molar-refractivity contribution is -0.113. The molecule has 0 spiro atoms. The van der Waals surface area contributed by atoms with Crippen LogP contribution < -0.4 is 10.2 Å². The first kappa shape index (κ1) is 21.4. The fourth-order valence-electron chi connectivity index (χ4n) is 4.30. The number of nitrogens with zero attached hydrogens (tertiary/aromatic N) is 2. The maximum absolute atomic E-state index is 13.0. The monoisotopic (exact) mass is 457 g/mol.